The molecule has 3 heterocycles. The highest BCUT2D eigenvalue weighted by molar-refractivity contribution is 5.98. The van der Waals surface area contributed by atoms with Crippen LogP contribution in [-0.4, -0.2) is 77.5 Å². The zero-order chi connectivity index (χ0) is 37.4. The van der Waals surface area contributed by atoms with E-state index in [1.807, 2.05) is 0 Å². The molecule has 272 valence electrons. The van der Waals surface area contributed by atoms with Gasteiger partial charge in [0.1, 0.15) is 17.9 Å². The molecule has 4 aromatic rings. The number of ether oxygens (including phenoxy) is 3. The fourth-order valence-electron chi connectivity index (χ4n) is 5.75. The van der Waals surface area contributed by atoms with Crippen LogP contribution >= 0.6 is 0 Å². The Hall–Kier alpha value is -5.46. The number of rotatable bonds is 8. The standard InChI is InChI=1S/C32H28F7N5O7/c1-16-10-18(43-8-9-50-15-25(43)31(34,35)36)13-20(33)26(16)27(45)41-21(29(47)49-3)11-17-4-5-22(24(12-17)51-32(37,38)39)44-28(46)19-6-7-40-14-23(19)42(2)30(44)48/h4-7,10,12-14,21,25H,8-9,11,15H2,1-3H3,(H,41,45)/t21-,25+/m0/s1. The first-order valence-corrected chi connectivity index (χ1v) is 15.0. The number of fused-ring (bicyclic) bond motifs is 1. The van der Waals surface area contributed by atoms with Crippen molar-refractivity contribution in [2.24, 2.45) is 7.05 Å². The summed E-state index contributed by atoms with van der Waals surface area (Å²) in [6.07, 6.45) is -8.07. The summed E-state index contributed by atoms with van der Waals surface area (Å²) in [4.78, 5) is 57.2. The van der Waals surface area contributed by atoms with Crippen molar-refractivity contribution in [3.05, 3.63) is 92.1 Å². The minimum absolute atomic E-state index is 0.0386. The summed E-state index contributed by atoms with van der Waals surface area (Å²) in [6.45, 7) is 0.323. The molecule has 51 heavy (non-hydrogen) atoms. The molecule has 1 aliphatic heterocycles. The van der Waals surface area contributed by atoms with E-state index in [0.717, 1.165) is 34.8 Å². The third-order valence-electron chi connectivity index (χ3n) is 8.13. The number of halogens is 7. The Kier molecular flexibility index (Phi) is 10.1. The number of esters is 1. The minimum atomic E-state index is -5.30. The van der Waals surface area contributed by atoms with Crippen LogP contribution in [0.15, 0.2) is 58.4 Å². The van der Waals surface area contributed by atoms with E-state index in [0.29, 0.717) is 4.57 Å². The Labute approximate surface area is 282 Å². The average molecular weight is 728 g/mol. The number of alkyl halides is 6. The van der Waals surface area contributed by atoms with Crippen molar-refractivity contribution in [3.63, 3.8) is 0 Å². The topological polar surface area (TPSA) is 134 Å². The van der Waals surface area contributed by atoms with E-state index in [-0.39, 0.29) is 40.9 Å². The van der Waals surface area contributed by atoms with Gasteiger partial charge in [0.15, 0.2) is 5.75 Å². The predicted molar refractivity (Wildman–Crippen MR) is 165 cm³/mol. The van der Waals surface area contributed by atoms with Gasteiger partial charge in [-0.05, 0) is 48.4 Å². The van der Waals surface area contributed by atoms with Crippen molar-refractivity contribution in [1.29, 1.82) is 0 Å². The summed E-state index contributed by atoms with van der Waals surface area (Å²) in [5, 5.41) is 2.22. The number of pyridine rings is 1. The number of methoxy groups -OCH3 is 1. The molecule has 1 aliphatic rings. The van der Waals surface area contributed by atoms with E-state index >= 15 is 4.39 Å². The molecule has 0 bridgehead atoms. The first-order chi connectivity index (χ1) is 23.9. The normalized spacial score (nSPS) is 15.8. The maximum absolute atomic E-state index is 15.4. The lowest BCUT2D eigenvalue weighted by molar-refractivity contribution is -0.274. The Morgan fingerprint density at radius 2 is 1.82 bits per heavy atom. The van der Waals surface area contributed by atoms with Crippen LogP contribution in [0.3, 0.4) is 0 Å². The molecule has 5 rings (SSSR count). The summed E-state index contributed by atoms with van der Waals surface area (Å²) in [6, 6.07) is 2.44. The number of carbonyl (C=O) groups is 2. The van der Waals surface area contributed by atoms with Gasteiger partial charge in [-0.15, -0.1) is 13.2 Å². The SMILES string of the molecule is COC(=O)[C@H](Cc1ccc(-n2c(=O)c3ccncc3n(C)c2=O)c(OC(F)(F)F)c1)NC(=O)c1c(C)cc(N2CCOC[C@@H]2C(F)(F)F)cc1F. The quantitative estimate of drug-likeness (QED) is 0.213. The zero-order valence-corrected chi connectivity index (χ0v) is 26.9. The molecule has 1 amide bonds. The van der Waals surface area contributed by atoms with E-state index in [1.165, 1.54) is 44.6 Å². The Morgan fingerprint density at radius 1 is 1.10 bits per heavy atom. The van der Waals surface area contributed by atoms with Gasteiger partial charge in [-0.1, -0.05) is 6.07 Å². The number of amides is 1. The molecule has 0 aliphatic carbocycles. The zero-order valence-electron chi connectivity index (χ0n) is 26.9. The maximum atomic E-state index is 15.4. The lowest BCUT2D eigenvalue weighted by Crippen LogP contribution is -2.53. The van der Waals surface area contributed by atoms with E-state index in [9.17, 15) is 45.5 Å². The second kappa shape index (κ2) is 14.0. The number of aryl methyl sites for hydroxylation is 2. The average Bonchev–Trinajstić information content (AvgIpc) is 3.06. The molecule has 2 atom stereocenters. The summed E-state index contributed by atoms with van der Waals surface area (Å²) < 4.78 is 112. The molecule has 0 saturated carbocycles. The van der Waals surface area contributed by atoms with Crippen LogP contribution in [0.2, 0.25) is 0 Å². The smallest absolute Gasteiger partial charge is 0.467 e. The lowest BCUT2D eigenvalue weighted by Gasteiger charge is -2.38. The van der Waals surface area contributed by atoms with Crippen molar-refractivity contribution in [3.8, 4) is 11.4 Å². The second-order valence-electron chi connectivity index (χ2n) is 11.4. The van der Waals surface area contributed by atoms with Gasteiger partial charge in [0.2, 0.25) is 0 Å². The Balaban J connectivity index is 1.48. The number of hydrogen-bond donors (Lipinski definition) is 1. The lowest BCUT2D eigenvalue weighted by atomic mass is 10.0. The Bertz CT molecular complexity index is 2090. The van der Waals surface area contributed by atoms with Crippen LogP contribution in [0.4, 0.5) is 36.4 Å². The van der Waals surface area contributed by atoms with Crippen molar-refractivity contribution in [2.75, 3.05) is 31.8 Å². The first kappa shape index (κ1) is 36.8. The molecule has 0 spiro atoms. The van der Waals surface area contributed by atoms with Gasteiger partial charge in [-0.25, -0.2) is 18.5 Å². The first-order valence-electron chi connectivity index (χ1n) is 15.0. The number of anilines is 1. The molecule has 1 fully saturated rings. The van der Waals surface area contributed by atoms with Gasteiger partial charge < -0.3 is 24.4 Å². The third-order valence-corrected chi connectivity index (χ3v) is 8.13. The summed E-state index contributed by atoms with van der Waals surface area (Å²) in [5.41, 5.74) is -3.41. The van der Waals surface area contributed by atoms with Gasteiger partial charge in [-0.2, -0.15) is 13.2 Å². The van der Waals surface area contributed by atoms with E-state index in [2.05, 4.69) is 15.0 Å². The molecule has 0 unspecified atom stereocenters. The second-order valence-corrected chi connectivity index (χ2v) is 11.4. The highest BCUT2D eigenvalue weighted by Crippen LogP contribution is 2.33. The van der Waals surface area contributed by atoms with Crippen LogP contribution < -0.4 is 26.2 Å². The van der Waals surface area contributed by atoms with Gasteiger partial charge in [0.25, 0.3) is 11.5 Å². The maximum Gasteiger partial charge on any atom is 0.573 e. The predicted octanol–water partition coefficient (Wildman–Crippen LogP) is 3.71. The van der Waals surface area contributed by atoms with Crippen molar-refractivity contribution < 1.29 is 54.5 Å². The highest BCUT2D eigenvalue weighted by atomic mass is 19.4. The molecular formula is C32H28F7N5O7. The monoisotopic (exact) mass is 727 g/mol. The van der Waals surface area contributed by atoms with Crippen molar-refractivity contribution in [2.45, 2.75) is 38.0 Å². The summed E-state index contributed by atoms with van der Waals surface area (Å²) >= 11 is 0. The summed E-state index contributed by atoms with van der Waals surface area (Å²) in [7, 11) is 2.24. The molecule has 1 saturated heterocycles. The highest BCUT2D eigenvalue weighted by Gasteiger charge is 2.46. The number of morpholine rings is 1. The molecule has 1 N–H and O–H groups in total. The fourth-order valence-corrected chi connectivity index (χ4v) is 5.75. The fraction of sp³-hybridized carbons (Fsp3) is 0.344. The van der Waals surface area contributed by atoms with E-state index in [1.54, 1.807) is 0 Å². The Morgan fingerprint density at radius 3 is 2.47 bits per heavy atom. The third kappa shape index (κ3) is 7.67. The molecular weight excluding hydrogens is 699 g/mol. The van der Waals surface area contributed by atoms with Crippen LogP contribution in [-0.2, 0) is 27.7 Å². The number of nitrogens with zero attached hydrogens (tertiary/aromatic N) is 4. The minimum Gasteiger partial charge on any atom is -0.467 e. The molecule has 12 nitrogen and oxygen atoms in total. The number of nitrogens with one attached hydrogen (secondary N) is 1. The van der Waals surface area contributed by atoms with E-state index < -0.39 is 83.6 Å². The molecule has 0 radical (unpaired) electrons. The summed E-state index contributed by atoms with van der Waals surface area (Å²) in [5.74, 6) is -4.47. The molecule has 19 heteroatoms. The van der Waals surface area contributed by atoms with E-state index in [4.69, 9.17) is 9.47 Å². The largest absolute Gasteiger partial charge is 0.573 e. The van der Waals surface area contributed by atoms with Crippen molar-refractivity contribution in [1.82, 2.24) is 19.4 Å². The van der Waals surface area contributed by atoms with Gasteiger partial charge in [0.05, 0.1) is 48.7 Å². The van der Waals surface area contributed by atoms with Gasteiger partial charge in [0, 0.05) is 31.9 Å². The van der Waals surface area contributed by atoms with Crippen LogP contribution in [0.1, 0.15) is 21.5 Å². The molecule has 2 aromatic heterocycles. The van der Waals surface area contributed by atoms with Crippen LogP contribution in [0, 0.1) is 12.7 Å². The molecule has 2 aromatic carbocycles. The number of hydrogen-bond acceptors (Lipinski definition) is 9. The van der Waals surface area contributed by atoms with Gasteiger partial charge >= 0.3 is 24.2 Å². The number of benzene rings is 2. The number of aromatic nitrogens is 3. The van der Waals surface area contributed by atoms with Gasteiger partial charge in [-0.3, -0.25) is 19.1 Å². The van der Waals surface area contributed by atoms with Crippen LogP contribution in [0.25, 0.3) is 16.6 Å². The van der Waals surface area contributed by atoms with Crippen LogP contribution in [0.5, 0.6) is 5.75 Å². The number of carbonyl (C=O) groups excluding carboxylic acids is 2. The van der Waals surface area contributed by atoms with Crippen molar-refractivity contribution >= 4 is 28.5 Å².